The number of carbonyl (C=O) groups excluding carboxylic acids is 2. The molecule has 1 aromatic carbocycles. The van der Waals surface area contributed by atoms with Crippen molar-refractivity contribution in [1.82, 2.24) is 24.4 Å². The van der Waals surface area contributed by atoms with Crippen molar-refractivity contribution in [2.75, 3.05) is 32.7 Å². The van der Waals surface area contributed by atoms with Crippen LogP contribution in [-0.2, 0) is 31.0 Å². The van der Waals surface area contributed by atoms with E-state index in [1.165, 1.54) is 12.1 Å². The van der Waals surface area contributed by atoms with E-state index >= 15 is 0 Å². The molecule has 0 spiro atoms. The number of sulfonamides is 1. The van der Waals surface area contributed by atoms with Crippen LogP contribution in [0.1, 0.15) is 36.9 Å². The predicted molar refractivity (Wildman–Crippen MR) is 143 cm³/mol. The number of aryl methyl sites for hydroxylation is 1. The van der Waals surface area contributed by atoms with Crippen molar-refractivity contribution in [2.45, 2.75) is 56.1 Å². The van der Waals surface area contributed by atoms with Gasteiger partial charge < -0.3 is 15.3 Å². The lowest BCUT2D eigenvalue weighted by Crippen LogP contribution is -2.51. The molecule has 2 N–H and O–H groups in total. The molecule has 2 atom stereocenters. The van der Waals surface area contributed by atoms with Gasteiger partial charge in [0.05, 0.1) is 10.6 Å². The molecule has 2 amide bonds. The molecule has 2 fully saturated rings. The smallest absolute Gasteiger partial charge is 0.326 e. The quantitative estimate of drug-likeness (QED) is 0.445. The summed E-state index contributed by atoms with van der Waals surface area (Å²) in [7, 11) is -3.91. The van der Waals surface area contributed by atoms with Crippen LogP contribution >= 0.6 is 0 Å². The number of rotatable bonds is 10. The maximum Gasteiger partial charge on any atom is 0.326 e. The number of carboxylic acid groups (broad SMARTS) is 1. The van der Waals surface area contributed by atoms with E-state index in [0.717, 1.165) is 15.6 Å². The van der Waals surface area contributed by atoms with Gasteiger partial charge in [-0.3, -0.25) is 19.5 Å². The summed E-state index contributed by atoms with van der Waals surface area (Å²) in [6, 6.07) is 9.85. The minimum Gasteiger partial charge on any atom is -0.480 e. The number of hydrogen-bond acceptors (Lipinski definition) is 7. The first-order valence-electron chi connectivity index (χ1n) is 13.2. The maximum absolute atomic E-state index is 13.2. The minimum atomic E-state index is -3.91. The Morgan fingerprint density at radius 3 is 2.41 bits per heavy atom. The Labute approximate surface area is 228 Å². The summed E-state index contributed by atoms with van der Waals surface area (Å²) in [5.74, 6) is -2.09. The fourth-order valence-electron chi connectivity index (χ4n) is 4.96. The van der Waals surface area contributed by atoms with Gasteiger partial charge in [0.1, 0.15) is 12.1 Å². The van der Waals surface area contributed by atoms with Crippen LogP contribution in [0.5, 0.6) is 0 Å². The highest BCUT2D eigenvalue weighted by Gasteiger charge is 2.40. The molecule has 0 unspecified atom stereocenters. The summed E-state index contributed by atoms with van der Waals surface area (Å²) in [5.41, 5.74) is 1.87. The van der Waals surface area contributed by atoms with Crippen LogP contribution < -0.4 is 5.32 Å². The van der Waals surface area contributed by atoms with Gasteiger partial charge in [0.15, 0.2) is 0 Å². The first-order valence-corrected chi connectivity index (χ1v) is 14.6. The number of carboxylic acids is 1. The highest BCUT2D eigenvalue weighted by molar-refractivity contribution is 7.89. The van der Waals surface area contributed by atoms with Crippen molar-refractivity contribution in [2.24, 2.45) is 0 Å². The van der Waals surface area contributed by atoms with Gasteiger partial charge in [-0.15, -0.1) is 0 Å². The number of piperazine rings is 1. The predicted octanol–water partition coefficient (Wildman–Crippen LogP) is 1.24. The van der Waals surface area contributed by atoms with E-state index in [1.54, 1.807) is 23.2 Å². The van der Waals surface area contributed by atoms with E-state index < -0.39 is 34.0 Å². The molecule has 0 saturated carbocycles. The number of pyridine rings is 1. The molecule has 2 aromatic rings. The third kappa shape index (κ3) is 7.20. The largest absolute Gasteiger partial charge is 0.480 e. The second-order valence-electron chi connectivity index (χ2n) is 10.0. The third-order valence-corrected chi connectivity index (χ3v) is 9.15. The zero-order valence-electron chi connectivity index (χ0n) is 22.0. The molecule has 0 bridgehead atoms. The molecule has 1 aromatic heterocycles. The number of aromatic nitrogens is 1. The number of hydrogen-bond donors (Lipinski definition) is 2. The standard InChI is InChI=1S/C27H35N5O6S/c1-20-7-9-22(10-8-20)39(37,38)32-14-4-6-24(32)26(34)29-23(27(35)36)11-12-25(33)31-17-15-30(16-18-31)19-21-5-2-3-13-28-21/h2-3,5,7-10,13,23-24H,4,6,11-12,14-19H2,1H3,(H,29,34)(H,35,36)/t23-,24+/m0/s1. The number of benzene rings is 1. The number of nitrogens with one attached hydrogen (secondary N) is 1. The van der Waals surface area contributed by atoms with Crippen LogP contribution in [0.15, 0.2) is 53.6 Å². The summed E-state index contributed by atoms with van der Waals surface area (Å²) in [4.78, 5) is 46.1. The molecule has 39 heavy (non-hydrogen) atoms. The first-order chi connectivity index (χ1) is 18.6. The van der Waals surface area contributed by atoms with Gasteiger partial charge in [-0.05, 0) is 50.5 Å². The molecule has 2 aliphatic rings. The van der Waals surface area contributed by atoms with Crippen LogP contribution in [0.2, 0.25) is 0 Å². The van der Waals surface area contributed by atoms with E-state index in [2.05, 4.69) is 15.2 Å². The molecular weight excluding hydrogens is 522 g/mol. The first kappa shape index (κ1) is 28.7. The Hall–Kier alpha value is -3.35. The lowest BCUT2D eigenvalue weighted by atomic mass is 10.1. The number of nitrogens with zero attached hydrogens (tertiary/aromatic N) is 4. The molecule has 4 rings (SSSR count). The summed E-state index contributed by atoms with van der Waals surface area (Å²) >= 11 is 0. The summed E-state index contributed by atoms with van der Waals surface area (Å²) in [6.45, 7) is 5.17. The molecule has 2 aliphatic heterocycles. The van der Waals surface area contributed by atoms with Gasteiger partial charge in [-0.2, -0.15) is 4.31 Å². The molecular formula is C27H35N5O6S. The molecule has 2 saturated heterocycles. The third-order valence-electron chi connectivity index (χ3n) is 7.23. The number of amides is 2. The minimum absolute atomic E-state index is 0.0342. The van der Waals surface area contributed by atoms with E-state index in [4.69, 9.17) is 0 Å². The van der Waals surface area contributed by atoms with Crippen LogP contribution in [0, 0.1) is 6.92 Å². The van der Waals surface area contributed by atoms with Crippen LogP contribution in [0.4, 0.5) is 0 Å². The van der Waals surface area contributed by atoms with Crippen molar-refractivity contribution < 1.29 is 27.9 Å². The van der Waals surface area contributed by atoms with Gasteiger partial charge in [0, 0.05) is 51.9 Å². The second kappa shape index (κ2) is 12.7. The Morgan fingerprint density at radius 1 is 1.05 bits per heavy atom. The van der Waals surface area contributed by atoms with Gasteiger partial charge in [0.25, 0.3) is 0 Å². The zero-order chi connectivity index (χ0) is 28.0. The Balaban J connectivity index is 1.29. The van der Waals surface area contributed by atoms with Gasteiger partial charge >= 0.3 is 5.97 Å². The molecule has 210 valence electrons. The van der Waals surface area contributed by atoms with E-state index in [0.29, 0.717) is 45.6 Å². The molecule has 3 heterocycles. The topological polar surface area (TPSA) is 140 Å². The van der Waals surface area contributed by atoms with Crippen molar-refractivity contribution in [3.63, 3.8) is 0 Å². The van der Waals surface area contributed by atoms with Gasteiger partial charge in [-0.1, -0.05) is 23.8 Å². The average Bonchev–Trinajstić information content (AvgIpc) is 3.43. The highest BCUT2D eigenvalue weighted by atomic mass is 32.2. The normalized spacial score (nSPS) is 19.5. The second-order valence-corrected chi connectivity index (χ2v) is 11.9. The fourth-order valence-corrected chi connectivity index (χ4v) is 6.62. The van der Waals surface area contributed by atoms with Crippen LogP contribution in [0.25, 0.3) is 0 Å². The van der Waals surface area contributed by atoms with E-state index in [1.807, 2.05) is 25.1 Å². The van der Waals surface area contributed by atoms with Crippen molar-refractivity contribution in [3.05, 3.63) is 59.9 Å². The molecule has 12 heteroatoms. The number of aliphatic carboxylic acids is 1. The highest BCUT2D eigenvalue weighted by Crippen LogP contribution is 2.26. The average molecular weight is 558 g/mol. The van der Waals surface area contributed by atoms with Crippen molar-refractivity contribution >= 4 is 27.8 Å². The fraction of sp³-hybridized carbons (Fsp3) is 0.481. The van der Waals surface area contributed by atoms with Gasteiger partial charge in [-0.25, -0.2) is 13.2 Å². The maximum atomic E-state index is 13.2. The number of carbonyl (C=O) groups is 3. The van der Waals surface area contributed by atoms with E-state index in [-0.39, 0.29) is 30.2 Å². The lowest BCUT2D eigenvalue weighted by Gasteiger charge is -2.34. The van der Waals surface area contributed by atoms with Crippen molar-refractivity contribution in [1.29, 1.82) is 0 Å². The zero-order valence-corrected chi connectivity index (χ0v) is 22.8. The van der Waals surface area contributed by atoms with Crippen LogP contribution in [0.3, 0.4) is 0 Å². The Kier molecular flexibility index (Phi) is 9.31. The SMILES string of the molecule is Cc1ccc(S(=O)(=O)N2CCC[C@@H]2C(=O)N[C@@H](CCC(=O)N2CCN(Cc3ccccn3)CC2)C(=O)O)cc1. The molecule has 0 radical (unpaired) electrons. The molecule has 0 aliphatic carbocycles. The van der Waals surface area contributed by atoms with E-state index in [9.17, 15) is 27.9 Å². The Morgan fingerprint density at radius 2 is 1.77 bits per heavy atom. The van der Waals surface area contributed by atoms with Crippen molar-refractivity contribution in [3.8, 4) is 0 Å². The lowest BCUT2D eigenvalue weighted by molar-refractivity contribution is -0.143. The molecule has 11 nitrogen and oxygen atoms in total. The van der Waals surface area contributed by atoms with Gasteiger partial charge in [0.2, 0.25) is 21.8 Å². The Bertz CT molecular complexity index is 1260. The van der Waals surface area contributed by atoms with Crippen LogP contribution in [-0.4, -0.2) is 95.2 Å². The summed E-state index contributed by atoms with van der Waals surface area (Å²) in [6.07, 6.45) is 2.43. The summed E-state index contributed by atoms with van der Waals surface area (Å²) in [5, 5.41) is 12.2. The summed E-state index contributed by atoms with van der Waals surface area (Å²) < 4.78 is 27.5. The monoisotopic (exact) mass is 557 g/mol.